The second-order valence-electron chi connectivity index (χ2n) is 6.20. The first kappa shape index (κ1) is 18.5. The van der Waals surface area contributed by atoms with Crippen LogP contribution in [0.5, 0.6) is 0 Å². The lowest BCUT2D eigenvalue weighted by atomic mass is 10.0. The summed E-state index contributed by atoms with van der Waals surface area (Å²) in [6.07, 6.45) is 0. The zero-order valence-electron chi connectivity index (χ0n) is 14.7. The quantitative estimate of drug-likeness (QED) is 0.214. The molecule has 0 unspecified atom stereocenters. The Balaban J connectivity index is 1.76. The Hall–Kier alpha value is -3.86. The van der Waals surface area contributed by atoms with Gasteiger partial charge in [0.15, 0.2) is 5.82 Å². The van der Waals surface area contributed by atoms with Crippen LogP contribution in [0.4, 0.5) is 11.5 Å². The van der Waals surface area contributed by atoms with Crippen molar-refractivity contribution < 1.29 is 14.8 Å². The molecular weight excluding hydrogens is 396 g/mol. The van der Waals surface area contributed by atoms with Crippen LogP contribution in [-0.4, -0.2) is 41.9 Å². The average Bonchev–Trinajstić information content (AvgIpc) is 3.30. The van der Waals surface area contributed by atoms with Crippen LogP contribution in [0.25, 0.3) is 33.4 Å². The summed E-state index contributed by atoms with van der Waals surface area (Å²) in [4.78, 5) is 28.9. The molecule has 4 rings (SSSR count). The van der Waals surface area contributed by atoms with Crippen molar-refractivity contribution in [3.63, 3.8) is 0 Å². The molecule has 0 saturated heterocycles. The smallest absolute Gasteiger partial charge is 0.313 e. The normalized spacial score (nSPS) is 11.0. The number of carboxylic acid groups (broad SMARTS) is 1. The van der Waals surface area contributed by atoms with Crippen molar-refractivity contribution in [3.8, 4) is 22.5 Å². The summed E-state index contributed by atoms with van der Waals surface area (Å²) in [7, 11) is 0. The van der Waals surface area contributed by atoms with E-state index >= 15 is 0 Å². The van der Waals surface area contributed by atoms with Crippen molar-refractivity contribution >= 4 is 40.1 Å². The number of nitrogens with zero attached hydrogens (tertiary/aromatic N) is 3. The molecule has 2 heterocycles. The van der Waals surface area contributed by atoms with Crippen LogP contribution in [0, 0.1) is 10.1 Å². The number of thioether (sulfide) groups is 1. The Morgan fingerprint density at radius 1 is 1.17 bits per heavy atom. The Morgan fingerprint density at radius 3 is 2.72 bits per heavy atom. The van der Waals surface area contributed by atoms with Gasteiger partial charge in [0.1, 0.15) is 5.82 Å². The molecule has 10 nitrogen and oxygen atoms in total. The molecule has 0 aliphatic heterocycles. The Kier molecular flexibility index (Phi) is 4.64. The molecule has 0 amide bonds. The molecule has 29 heavy (non-hydrogen) atoms. The van der Waals surface area contributed by atoms with E-state index in [9.17, 15) is 14.9 Å². The predicted molar refractivity (Wildman–Crippen MR) is 109 cm³/mol. The lowest BCUT2D eigenvalue weighted by molar-refractivity contribution is -0.384. The van der Waals surface area contributed by atoms with Crippen molar-refractivity contribution in [3.05, 3.63) is 52.6 Å². The maximum atomic E-state index is 11.4. The largest absolute Gasteiger partial charge is 0.481 e. The highest BCUT2D eigenvalue weighted by atomic mass is 32.2. The molecule has 2 aromatic heterocycles. The van der Waals surface area contributed by atoms with E-state index in [4.69, 9.17) is 10.8 Å². The SMILES string of the molecule is Nc1cc2cc(-c3cc(-c4nc(SCC(=O)O)n[nH]4)cc([N+](=O)[O-])c3)ccc2[nH]1. The number of nitrogens with one attached hydrogen (secondary N) is 2. The number of hydrogen-bond acceptors (Lipinski definition) is 7. The molecule has 0 radical (unpaired) electrons. The molecule has 0 aliphatic carbocycles. The van der Waals surface area contributed by atoms with Gasteiger partial charge in [-0.05, 0) is 35.4 Å². The van der Waals surface area contributed by atoms with Crippen LogP contribution in [0.15, 0.2) is 47.6 Å². The van der Waals surface area contributed by atoms with Crippen LogP contribution in [0.2, 0.25) is 0 Å². The third-order valence-corrected chi connectivity index (χ3v) is 5.00. The minimum absolute atomic E-state index is 0.0951. The molecule has 11 heteroatoms. The summed E-state index contributed by atoms with van der Waals surface area (Å²) >= 11 is 0.957. The molecule has 4 aromatic rings. The highest BCUT2D eigenvalue weighted by Crippen LogP contribution is 2.32. The number of rotatable bonds is 6. The molecule has 146 valence electrons. The van der Waals surface area contributed by atoms with Gasteiger partial charge in [0, 0.05) is 28.6 Å². The second kappa shape index (κ2) is 7.28. The van der Waals surface area contributed by atoms with Gasteiger partial charge in [-0.1, -0.05) is 17.8 Å². The number of anilines is 1. The van der Waals surface area contributed by atoms with Gasteiger partial charge in [-0.2, -0.15) is 0 Å². The van der Waals surface area contributed by atoms with Crippen LogP contribution in [0.3, 0.4) is 0 Å². The fourth-order valence-electron chi connectivity index (χ4n) is 2.92. The van der Waals surface area contributed by atoms with Crippen molar-refractivity contribution in [2.45, 2.75) is 5.16 Å². The number of aromatic nitrogens is 4. The van der Waals surface area contributed by atoms with Gasteiger partial charge in [-0.25, -0.2) is 4.98 Å². The number of hydrogen-bond donors (Lipinski definition) is 4. The number of carboxylic acids is 1. The van der Waals surface area contributed by atoms with E-state index in [0.29, 0.717) is 22.8 Å². The monoisotopic (exact) mass is 410 g/mol. The first-order valence-electron chi connectivity index (χ1n) is 8.34. The summed E-state index contributed by atoms with van der Waals surface area (Å²) in [5, 5.41) is 28.0. The zero-order valence-corrected chi connectivity index (χ0v) is 15.6. The van der Waals surface area contributed by atoms with Crippen molar-refractivity contribution in [2.75, 3.05) is 11.5 Å². The fraction of sp³-hybridized carbons (Fsp3) is 0.0556. The van der Waals surface area contributed by atoms with Crippen LogP contribution in [-0.2, 0) is 4.79 Å². The molecule has 0 atom stereocenters. The predicted octanol–water partition coefficient (Wildman–Crippen LogP) is 3.29. The van der Waals surface area contributed by atoms with E-state index in [-0.39, 0.29) is 16.6 Å². The summed E-state index contributed by atoms with van der Waals surface area (Å²) in [5.41, 5.74) is 8.44. The third-order valence-electron chi connectivity index (χ3n) is 4.17. The van der Waals surface area contributed by atoms with E-state index in [1.165, 1.54) is 12.1 Å². The molecule has 0 bridgehead atoms. The van der Waals surface area contributed by atoms with Crippen LogP contribution >= 0.6 is 11.8 Å². The van der Waals surface area contributed by atoms with Gasteiger partial charge >= 0.3 is 5.97 Å². The Morgan fingerprint density at radius 2 is 1.97 bits per heavy atom. The minimum Gasteiger partial charge on any atom is -0.481 e. The number of nitro benzene ring substituents is 1. The maximum Gasteiger partial charge on any atom is 0.313 e. The number of aliphatic carboxylic acids is 1. The first-order valence-corrected chi connectivity index (χ1v) is 9.33. The number of nitro groups is 1. The average molecular weight is 410 g/mol. The lowest BCUT2D eigenvalue weighted by Gasteiger charge is -2.05. The molecule has 5 N–H and O–H groups in total. The maximum absolute atomic E-state index is 11.4. The molecule has 0 fully saturated rings. The number of nitrogens with two attached hydrogens (primary N) is 1. The topological polar surface area (TPSA) is 164 Å². The number of aromatic amines is 2. The molecular formula is C18H14N6O4S. The highest BCUT2D eigenvalue weighted by molar-refractivity contribution is 7.99. The Bertz CT molecular complexity index is 1250. The van der Waals surface area contributed by atoms with Crippen molar-refractivity contribution in [2.24, 2.45) is 0 Å². The van der Waals surface area contributed by atoms with Crippen molar-refractivity contribution in [1.29, 1.82) is 0 Å². The van der Waals surface area contributed by atoms with Crippen LogP contribution < -0.4 is 5.73 Å². The fourth-order valence-corrected chi connectivity index (χ4v) is 3.44. The highest BCUT2D eigenvalue weighted by Gasteiger charge is 2.16. The molecule has 0 spiro atoms. The molecule has 2 aromatic carbocycles. The van der Waals surface area contributed by atoms with E-state index in [0.717, 1.165) is 28.2 Å². The van der Waals surface area contributed by atoms with E-state index < -0.39 is 10.9 Å². The standard InChI is InChI=1S/C18H14N6O4S/c19-15-7-11-3-9(1-2-14(11)20-15)10-4-12(6-13(5-10)24(27)28)17-21-18(23-22-17)29-8-16(25)26/h1-7,20H,8,19H2,(H,25,26)(H,21,22,23). The number of H-pyrrole nitrogens is 2. The first-order chi connectivity index (χ1) is 13.9. The van der Waals surface area contributed by atoms with E-state index in [2.05, 4.69) is 20.2 Å². The van der Waals surface area contributed by atoms with Gasteiger partial charge in [0.05, 0.1) is 10.7 Å². The van der Waals surface area contributed by atoms with Crippen molar-refractivity contribution in [1.82, 2.24) is 20.2 Å². The minimum atomic E-state index is -0.986. The third kappa shape index (κ3) is 3.89. The number of nitrogen functional groups attached to an aromatic ring is 1. The van der Waals surface area contributed by atoms with Gasteiger partial charge < -0.3 is 15.8 Å². The van der Waals surface area contributed by atoms with Crippen LogP contribution in [0.1, 0.15) is 0 Å². The van der Waals surface area contributed by atoms with Gasteiger partial charge in [0.2, 0.25) is 5.16 Å². The van der Waals surface area contributed by atoms with Gasteiger partial charge in [-0.3, -0.25) is 20.0 Å². The number of fused-ring (bicyclic) bond motifs is 1. The van der Waals surface area contributed by atoms with E-state index in [1.54, 1.807) is 12.1 Å². The summed E-state index contributed by atoms with van der Waals surface area (Å²) in [6.45, 7) is 0. The zero-order chi connectivity index (χ0) is 20.5. The van der Waals surface area contributed by atoms with E-state index in [1.807, 2.05) is 18.2 Å². The molecule has 0 aliphatic rings. The van der Waals surface area contributed by atoms with Gasteiger partial charge in [-0.15, -0.1) is 5.10 Å². The summed E-state index contributed by atoms with van der Waals surface area (Å²) in [6, 6.07) is 12.0. The number of benzene rings is 2. The van der Waals surface area contributed by atoms with Gasteiger partial charge in [0.25, 0.3) is 5.69 Å². The molecule has 0 saturated carbocycles. The summed E-state index contributed by atoms with van der Waals surface area (Å²) in [5.74, 6) is -0.323. The number of non-ortho nitro benzene ring substituents is 1. The summed E-state index contributed by atoms with van der Waals surface area (Å²) < 4.78 is 0. The second-order valence-corrected chi connectivity index (χ2v) is 7.14. The Labute approximate surface area is 167 Å². The number of carbonyl (C=O) groups is 1. The lowest BCUT2D eigenvalue weighted by Crippen LogP contribution is -1.97.